The van der Waals surface area contributed by atoms with E-state index in [4.69, 9.17) is 17.0 Å². The minimum atomic E-state index is -0.470. The second kappa shape index (κ2) is 12.5. The highest BCUT2D eigenvalue weighted by Gasteiger charge is 2.13. The van der Waals surface area contributed by atoms with E-state index in [-0.39, 0.29) is 35.9 Å². The molecular weight excluding hydrogens is 440 g/mol. The molecule has 0 saturated heterocycles. The van der Waals surface area contributed by atoms with Crippen molar-refractivity contribution in [1.82, 2.24) is 21.5 Å². The second-order valence-corrected chi connectivity index (χ2v) is 8.78. The number of thiocarbonyl (C=S) groups is 1. The zero-order chi connectivity index (χ0) is 24.3. The standard InChI is InChI=1S/C24H30N4O4S/c1-24(2,3)18-9-11-19(12-10-18)32-16-22(31)26-23(33)28-27-21(30)14-13-20(29)25-15-17-7-5-4-6-8-17/h4-12H,13-16H2,1-3H3,(H,25,29)(H,27,30)(H2,26,28,31,33). The van der Waals surface area contributed by atoms with Crippen LogP contribution in [0.25, 0.3) is 0 Å². The zero-order valence-corrected chi connectivity index (χ0v) is 19.9. The summed E-state index contributed by atoms with van der Waals surface area (Å²) < 4.78 is 5.45. The van der Waals surface area contributed by atoms with Gasteiger partial charge < -0.3 is 10.1 Å². The molecule has 33 heavy (non-hydrogen) atoms. The molecule has 0 aliphatic carbocycles. The van der Waals surface area contributed by atoms with Crippen LogP contribution in [0.15, 0.2) is 54.6 Å². The summed E-state index contributed by atoms with van der Waals surface area (Å²) in [6, 6.07) is 17.0. The van der Waals surface area contributed by atoms with Gasteiger partial charge in [-0.25, -0.2) is 0 Å². The number of nitrogens with one attached hydrogen (secondary N) is 4. The molecule has 0 spiro atoms. The van der Waals surface area contributed by atoms with Crippen LogP contribution in [0.1, 0.15) is 44.7 Å². The van der Waals surface area contributed by atoms with Gasteiger partial charge in [-0.3, -0.25) is 30.6 Å². The average Bonchev–Trinajstić information content (AvgIpc) is 2.79. The highest BCUT2D eigenvalue weighted by Crippen LogP contribution is 2.24. The predicted molar refractivity (Wildman–Crippen MR) is 130 cm³/mol. The summed E-state index contributed by atoms with van der Waals surface area (Å²) in [6.45, 7) is 6.52. The average molecular weight is 471 g/mol. The lowest BCUT2D eigenvalue weighted by Gasteiger charge is -2.19. The molecule has 2 rings (SSSR count). The van der Waals surface area contributed by atoms with Crippen LogP contribution in [-0.4, -0.2) is 29.4 Å². The Labute approximate surface area is 199 Å². The second-order valence-electron chi connectivity index (χ2n) is 8.38. The predicted octanol–water partition coefficient (Wildman–Crippen LogP) is 2.48. The quantitative estimate of drug-likeness (QED) is 0.349. The maximum Gasteiger partial charge on any atom is 0.264 e. The van der Waals surface area contributed by atoms with Gasteiger partial charge in [0.15, 0.2) is 11.7 Å². The highest BCUT2D eigenvalue weighted by atomic mass is 32.1. The molecule has 0 heterocycles. The van der Waals surface area contributed by atoms with Gasteiger partial charge in [0.25, 0.3) is 5.91 Å². The SMILES string of the molecule is CC(C)(C)c1ccc(OCC(=O)NC(=S)NNC(=O)CCC(=O)NCc2ccccc2)cc1. The first-order valence-corrected chi connectivity index (χ1v) is 11.0. The summed E-state index contributed by atoms with van der Waals surface area (Å²) >= 11 is 4.98. The molecule has 0 saturated carbocycles. The molecule has 0 bridgehead atoms. The van der Waals surface area contributed by atoms with E-state index in [2.05, 4.69) is 42.3 Å². The van der Waals surface area contributed by atoms with Crippen molar-refractivity contribution in [3.8, 4) is 5.75 Å². The van der Waals surface area contributed by atoms with E-state index in [1.807, 2.05) is 42.5 Å². The summed E-state index contributed by atoms with van der Waals surface area (Å²) in [4.78, 5) is 35.7. The lowest BCUT2D eigenvalue weighted by molar-refractivity contribution is -0.126. The van der Waals surface area contributed by atoms with Crippen LogP contribution < -0.4 is 26.2 Å². The number of amides is 3. The Bertz CT molecular complexity index is 957. The molecule has 0 fully saturated rings. The van der Waals surface area contributed by atoms with Crippen molar-refractivity contribution >= 4 is 35.1 Å². The Kier molecular flexibility index (Phi) is 9.81. The molecule has 0 unspecified atom stereocenters. The molecule has 0 aromatic heterocycles. The van der Waals surface area contributed by atoms with Gasteiger partial charge in [0.1, 0.15) is 5.75 Å². The number of benzene rings is 2. The van der Waals surface area contributed by atoms with Crippen LogP contribution in [0.4, 0.5) is 0 Å². The maximum absolute atomic E-state index is 12.0. The molecule has 0 aliphatic heterocycles. The van der Waals surface area contributed by atoms with E-state index in [1.165, 1.54) is 0 Å². The molecule has 0 aliphatic rings. The van der Waals surface area contributed by atoms with Crippen LogP contribution in [0.5, 0.6) is 5.75 Å². The first-order chi connectivity index (χ1) is 15.6. The Morgan fingerprint density at radius 2 is 1.48 bits per heavy atom. The zero-order valence-electron chi connectivity index (χ0n) is 19.1. The number of carbonyl (C=O) groups excluding carboxylic acids is 3. The number of hydrogen-bond donors (Lipinski definition) is 4. The molecule has 176 valence electrons. The Morgan fingerprint density at radius 3 is 2.12 bits per heavy atom. The number of rotatable bonds is 8. The molecule has 3 amide bonds. The van der Waals surface area contributed by atoms with Gasteiger partial charge in [-0.15, -0.1) is 0 Å². The van der Waals surface area contributed by atoms with Crippen molar-refractivity contribution in [3.63, 3.8) is 0 Å². The van der Waals surface area contributed by atoms with E-state index >= 15 is 0 Å². The minimum Gasteiger partial charge on any atom is -0.484 e. The van der Waals surface area contributed by atoms with Crippen LogP contribution in [-0.2, 0) is 26.3 Å². The molecule has 2 aromatic rings. The number of hydrogen-bond acceptors (Lipinski definition) is 5. The fourth-order valence-electron chi connectivity index (χ4n) is 2.69. The number of carbonyl (C=O) groups is 3. The molecular formula is C24H30N4O4S. The fourth-order valence-corrected chi connectivity index (χ4v) is 2.86. The topological polar surface area (TPSA) is 109 Å². The van der Waals surface area contributed by atoms with Crippen molar-refractivity contribution in [3.05, 3.63) is 65.7 Å². The maximum atomic E-state index is 12.0. The molecule has 0 radical (unpaired) electrons. The third-order valence-corrected chi connectivity index (χ3v) is 4.77. The van der Waals surface area contributed by atoms with Crippen molar-refractivity contribution in [2.45, 2.75) is 45.6 Å². The van der Waals surface area contributed by atoms with Crippen molar-refractivity contribution < 1.29 is 19.1 Å². The van der Waals surface area contributed by atoms with E-state index in [9.17, 15) is 14.4 Å². The van der Waals surface area contributed by atoms with Gasteiger partial charge in [0.2, 0.25) is 11.8 Å². The van der Waals surface area contributed by atoms with E-state index < -0.39 is 11.8 Å². The fraction of sp³-hybridized carbons (Fsp3) is 0.333. The Morgan fingerprint density at radius 1 is 0.848 bits per heavy atom. The van der Waals surface area contributed by atoms with Gasteiger partial charge in [0, 0.05) is 19.4 Å². The molecule has 9 heteroatoms. The lowest BCUT2D eigenvalue weighted by atomic mass is 9.87. The van der Waals surface area contributed by atoms with Gasteiger partial charge in [-0.1, -0.05) is 63.2 Å². The first kappa shape index (κ1) is 25.8. The van der Waals surface area contributed by atoms with E-state index in [0.29, 0.717) is 12.3 Å². The molecule has 4 N–H and O–H groups in total. The van der Waals surface area contributed by atoms with E-state index in [1.54, 1.807) is 12.1 Å². The molecule has 2 aromatic carbocycles. The monoisotopic (exact) mass is 470 g/mol. The summed E-state index contributed by atoms with van der Waals surface area (Å²) in [5.41, 5.74) is 6.94. The lowest BCUT2D eigenvalue weighted by Crippen LogP contribution is -2.49. The normalized spacial score (nSPS) is 10.6. The van der Waals surface area contributed by atoms with Crippen molar-refractivity contribution in [2.24, 2.45) is 0 Å². The Hall–Kier alpha value is -3.46. The smallest absolute Gasteiger partial charge is 0.264 e. The number of hydrazine groups is 1. The van der Waals surface area contributed by atoms with Gasteiger partial charge >= 0.3 is 0 Å². The third-order valence-electron chi connectivity index (χ3n) is 4.57. The van der Waals surface area contributed by atoms with Gasteiger partial charge in [-0.05, 0) is 40.9 Å². The number of ether oxygens (including phenoxy) is 1. The largest absolute Gasteiger partial charge is 0.484 e. The molecule has 0 atom stereocenters. The van der Waals surface area contributed by atoms with Crippen molar-refractivity contribution in [1.29, 1.82) is 0 Å². The van der Waals surface area contributed by atoms with E-state index in [0.717, 1.165) is 11.1 Å². The summed E-state index contributed by atoms with van der Waals surface area (Å²) in [5, 5.41) is 5.08. The third kappa shape index (κ3) is 10.1. The Balaban J connectivity index is 1.60. The van der Waals surface area contributed by atoms with Gasteiger partial charge in [0.05, 0.1) is 0 Å². The van der Waals surface area contributed by atoms with Crippen LogP contribution in [0.3, 0.4) is 0 Å². The first-order valence-electron chi connectivity index (χ1n) is 10.6. The van der Waals surface area contributed by atoms with Crippen LogP contribution in [0.2, 0.25) is 0 Å². The highest BCUT2D eigenvalue weighted by molar-refractivity contribution is 7.80. The minimum absolute atomic E-state index is 0.0291. The molecule has 8 nitrogen and oxygen atoms in total. The summed E-state index contributed by atoms with van der Waals surface area (Å²) in [6.07, 6.45) is -0.000827. The van der Waals surface area contributed by atoms with Crippen LogP contribution in [0, 0.1) is 0 Å². The summed E-state index contributed by atoms with van der Waals surface area (Å²) in [7, 11) is 0. The summed E-state index contributed by atoms with van der Waals surface area (Å²) in [5.74, 6) is -0.577. The van der Waals surface area contributed by atoms with Gasteiger partial charge in [-0.2, -0.15) is 0 Å². The van der Waals surface area contributed by atoms with Crippen LogP contribution >= 0.6 is 12.2 Å². The van der Waals surface area contributed by atoms with Crippen molar-refractivity contribution in [2.75, 3.05) is 6.61 Å².